The van der Waals surface area contributed by atoms with E-state index in [1.807, 2.05) is 6.07 Å². The van der Waals surface area contributed by atoms with Crippen molar-refractivity contribution < 1.29 is 4.79 Å². The average molecular weight is 350 g/mol. The molecule has 0 bridgehead atoms. The lowest BCUT2D eigenvalue weighted by molar-refractivity contribution is 0.0917. The minimum atomic E-state index is -0.0182. The molecule has 122 valence electrons. The van der Waals surface area contributed by atoms with E-state index in [1.54, 1.807) is 17.4 Å². The van der Waals surface area contributed by atoms with E-state index in [0.29, 0.717) is 22.5 Å². The van der Waals surface area contributed by atoms with Crippen LogP contribution in [0.15, 0.2) is 12.1 Å². The number of aromatic nitrogens is 1. The molecule has 0 radical (unpaired) electrons. The Morgan fingerprint density at radius 3 is 2.74 bits per heavy atom. The molecule has 2 aliphatic rings. The Hall–Kier alpha value is -1.17. The van der Waals surface area contributed by atoms with Gasteiger partial charge in [-0.15, -0.1) is 11.3 Å². The summed E-state index contributed by atoms with van der Waals surface area (Å²) < 4.78 is 1.02. The normalized spacial score (nSPS) is 19.7. The molecular weight excluding hydrogens is 330 g/mol. The number of hydrogen-bond acceptors (Lipinski definition) is 4. The highest BCUT2D eigenvalue weighted by Gasteiger charge is 2.23. The molecule has 1 saturated carbocycles. The fourth-order valence-corrected chi connectivity index (χ4v) is 4.72. The van der Waals surface area contributed by atoms with Gasteiger partial charge >= 0.3 is 0 Å². The molecule has 4 nitrogen and oxygen atoms in total. The SMILES string of the molecule is O=C(NC1CCC1)c1cc(Cl)c2nc(C3CCNCC3)sc2c1. The predicted molar refractivity (Wildman–Crippen MR) is 94.6 cm³/mol. The first-order valence-electron chi connectivity index (χ1n) is 8.32. The summed E-state index contributed by atoms with van der Waals surface area (Å²) in [6.45, 7) is 2.09. The molecule has 1 aliphatic carbocycles. The number of halogens is 1. The summed E-state index contributed by atoms with van der Waals surface area (Å²) >= 11 is 8.08. The third kappa shape index (κ3) is 3.10. The smallest absolute Gasteiger partial charge is 0.251 e. The van der Waals surface area contributed by atoms with Crippen molar-refractivity contribution in [3.05, 3.63) is 27.7 Å². The molecule has 23 heavy (non-hydrogen) atoms. The maximum Gasteiger partial charge on any atom is 0.251 e. The summed E-state index contributed by atoms with van der Waals surface area (Å²) in [5.41, 5.74) is 1.49. The van der Waals surface area contributed by atoms with Crippen LogP contribution in [-0.2, 0) is 0 Å². The molecule has 2 heterocycles. The van der Waals surface area contributed by atoms with Gasteiger partial charge in [0.1, 0.15) is 5.52 Å². The van der Waals surface area contributed by atoms with Gasteiger partial charge in [-0.1, -0.05) is 11.6 Å². The molecule has 4 rings (SSSR count). The highest BCUT2D eigenvalue weighted by atomic mass is 35.5. The van der Waals surface area contributed by atoms with Crippen LogP contribution in [0, 0.1) is 0 Å². The molecule has 1 aromatic carbocycles. The number of nitrogens with one attached hydrogen (secondary N) is 2. The van der Waals surface area contributed by atoms with Crippen LogP contribution in [0.5, 0.6) is 0 Å². The Balaban J connectivity index is 1.62. The summed E-state index contributed by atoms with van der Waals surface area (Å²) in [4.78, 5) is 17.1. The summed E-state index contributed by atoms with van der Waals surface area (Å²) in [5.74, 6) is 0.493. The predicted octanol–water partition coefficient (Wildman–Crippen LogP) is 3.70. The van der Waals surface area contributed by atoms with E-state index in [0.717, 1.165) is 54.0 Å². The van der Waals surface area contributed by atoms with Gasteiger partial charge in [-0.25, -0.2) is 4.98 Å². The van der Waals surface area contributed by atoms with Gasteiger partial charge in [0.05, 0.1) is 14.7 Å². The third-order valence-electron chi connectivity index (χ3n) is 4.86. The van der Waals surface area contributed by atoms with E-state index in [-0.39, 0.29) is 5.91 Å². The van der Waals surface area contributed by atoms with Crippen molar-refractivity contribution in [2.24, 2.45) is 0 Å². The lowest BCUT2D eigenvalue weighted by atomic mass is 9.93. The maximum atomic E-state index is 12.4. The Labute approximate surface area is 144 Å². The van der Waals surface area contributed by atoms with Crippen LogP contribution in [-0.4, -0.2) is 30.0 Å². The standard InChI is InChI=1S/C17H20ClN3OS/c18-13-8-11(16(22)20-12-2-1-3-12)9-14-15(13)21-17(23-14)10-4-6-19-7-5-10/h8-10,12,19H,1-7H2,(H,20,22). The summed E-state index contributed by atoms with van der Waals surface area (Å²) in [5, 5.41) is 8.19. The van der Waals surface area contributed by atoms with Crippen LogP contribution >= 0.6 is 22.9 Å². The van der Waals surface area contributed by atoms with Crippen molar-refractivity contribution >= 4 is 39.1 Å². The van der Waals surface area contributed by atoms with E-state index in [9.17, 15) is 4.79 Å². The number of nitrogens with zero attached hydrogens (tertiary/aromatic N) is 1. The van der Waals surface area contributed by atoms with Crippen LogP contribution in [0.3, 0.4) is 0 Å². The molecule has 1 saturated heterocycles. The van der Waals surface area contributed by atoms with Crippen molar-refractivity contribution in [3.63, 3.8) is 0 Å². The lowest BCUT2D eigenvalue weighted by Gasteiger charge is -2.26. The van der Waals surface area contributed by atoms with Crippen LogP contribution in [0.4, 0.5) is 0 Å². The molecule has 2 fully saturated rings. The van der Waals surface area contributed by atoms with Crippen molar-refractivity contribution in [2.45, 2.75) is 44.1 Å². The highest BCUT2D eigenvalue weighted by molar-refractivity contribution is 7.18. The number of benzene rings is 1. The number of carbonyl (C=O) groups is 1. The van der Waals surface area contributed by atoms with E-state index in [2.05, 4.69) is 10.6 Å². The largest absolute Gasteiger partial charge is 0.349 e. The van der Waals surface area contributed by atoms with Crippen LogP contribution < -0.4 is 10.6 Å². The maximum absolute atomic E-state index is 12.4. The van der Waals surface area contributed by atoms with Crippen molar-refractivity contribution in [3.8, 4) is 0 Å². The summed E-state index contributed by atoms with van der Waals surface area (Å²) in [6, 6.07) is 4.03. The zero-order valence-corrected chi connectivity index (χ0v) is 14.5. The number of carbonyl (C=O) groups excluding carboxylic acids is 1. The number of hydrogen-bond donors (Lipinski definition) is 2. The van der Waals surface area contributed by atoms with Crippen molar-refractivity contribution in [1.82, 2.24) is 15.6 Å². The van der Waals surface area contributed by atoms with Gasteiger partial charge in [-0.3, -0.25) is 4.79 Å². The molecule has 2 aromatic rings. The van der Waals surface area contributed by atoms with E-state index < -0.39 is 0 Å². The van der Waals surface area contributed by atoms with Gasteiger partial charge in [0, 0.05) is 17.5 Å². The zero-order chi connectivity index (χ0) is 15.8. The fraction of sp³-hybridized carbons (Fsp3) is 0.529. The number of piperidine rings is 1. The first-order chi connectivity index (χ1) is 11.2. The molecule has 1 amide bonds. The second-order valence-electron chi connectivity index (χ2n) is 6.48. The van der Waals surface area contributed by atoms with Gasteiger partial charge < -0.3 is 10.6 Å². The van der Waals surface area contributed by atoms with Crippen LogP contribution in [0.1, 0.15) is 53.4 Å². The Bertz CT molecular complexity index is 735. The molecular formula is C17H20ClN3OS. The summed E-state index contributed by atoms with van der Waals surface area (Å²) in [7, 11) is 0. The van der Waals surface area contributed by atoms with Gasteiger partial charge in [0.25, 0.3) is 5.91 Å². The quantitative estimate of drug-likeness (QED) is 0.888. The van der Waals surface area contributed by atoms with Crippen LogP contribution in [0.25, 0.3) is 10.2 Å². The zero-order valence-electron chi connectivity index (χ0n) is 12.9. The Morgan fingerprint density at radius 1 is 1.26 bits per heavy atom. The molecule has 0 unspecified atom stereocenters. The van der Waals surface area contributed by atoms with Gasteiger partial charge in [-0.05, 0) is 57.3 Å². The fourth-order valence-electron chi connectivity index (χ4n) is 3.20. The topological polar surface area (TPSA) is 54.0 Å². The number of thiazole rings is 1. The molecule has 1 aromatic heterocycles. The van der Waals surface area contributed by atoms with Gasteiger partial charge in [-0.2, -0.15) is 0 Å². The third-order valence-corrected chi connectivity index (χ3v) is 6.31. The number of amides is 1. The van der Waals surface area contributed by atoms with Gasteiger partial charge in [0.15, 0.2) is 0 Å². The number of rotatable bonds is 3. The van der Waals surface area contributed by atoms with Gasteiger partial charge in [0.2, 0.25) is 0 Å². The van der Waals surface area contributed by atoms with E-state index >= 15 is 0 Å². The van der Waals surface area contributed by atoms with E-state index in [1.165, 1.54) is 6.42 Å². The first-order valence-corrected chi connectivity index (χ1v) is 9.52. The van der Waals surface area contributed by atoms with E-state index in [4.69, 9.17) is 16.6 Å². The second-order valence-corrected chi connectivity index (χ2v) is 7.95. The first kappa shape index (κ1) is 15.4. The highest BCUT2D eigenvalue weighted by Crippen LogP contribution is 2.36. The lowest BCUT2D eigenvalue weighted by Crippen LogP contribution is -2.39. The van der Waals surface area contributed by atoms with Crippen molar-refractivity contribution in [1.29, 1.82) is 0 Å². The van der Waals surface area contributed by atoms with Crippen molar-refractivity contribution in [2.75, 3.05) is 13.1 Å². The summed E-state index contributed by atoms with van der Waals surface area (Å²) in [6.07, 6.45) is 5.61. The minimum absolute atomic E-state index is 0.0182. The Kier molecular flexibility index (Phi) is 4.26. The molecule has 2 N–H and O–H groups in total. The Morgan fingerprint density at radius 2 is 2.04 bits per heavy atom. The average Bonchev–Trinajstić information content (AvgIpc) is 2.96. The molecule has 6 heteroatoms. The van der Waals surface area contributed by atoms with Crippen LogP contribution in [0.2, 0.25) is 5.02 Å². The number of fused-ring (bicyclic) bond motifs is 1. The molecule has 0 spiro atoms. The molecule has 1 aliphatic heterocycles. The minimum Gasteiger partial charge on any atom is -0.349 e. The molecule has 0 atom stereocenters. The second kappa shape index (κ2) is 6.38. The monoisotopic (exact) mass is 349 g/mol.